The molecular weight excluding hydrogens is 320 g/mol. The molecule has 1 aromatic rings. The van der Waals surface area contributed by atoms with Crippen molar-refractivity contribution in [3.63, 3.8) is 0 Å². The molecule has 2 fully saturated rings. The Bertz CT molecular complexity index is 627. The Labute approximate surface area is 148 Å². The van der Waals surface area contributed by atoms with E-state index >= 15 is 0 Å². The van der Waals surface area contributed by atoms with Crippen LogP contribution in [0.5, 0.6) is 5.75 Å². The SMILES string of the molecule is CNC(=O)CC1(O)CCCN(C(=O)c2ccc(OC3CCC3)cc2)C1. The molecule has 6 nitrogen and oxygen atoms in total. The fourth-order valence-electron chi connectivity index (χ4n) is 3.36. The molecule has 1 aromatic carbocycles. The zero-order valence-corrected chi connectivity index (χ0v) is 14.7. The smallest absolute Gasteiger partial charge is 0.253 e. The van der Waals surface area contributed by atoms with E-state index in [1.807, 2.05) is 12.1 Å². The molecular formula is C19H26N2O4. The highest BCUT2D eigenvalue weighted by Crippen LogP contribution is 2.27. The first-order valence-corrected chi connectivity index (χ1v) is 8.98. The zero-order valence-electron chi connectivity index (χ0n) is 14.7. The van der Waals surface area contributed by atoms with E-state index in [0.29, 0.717) is 31.1 Å². The lowest BCUT2D eigenvalue weighted by Gasteiger charge is -2.38. The van der Waals surface area contributed by atoms with Crippen molar-refractivity contribution < 1.29 is 19.4 Å². The molecule has 1 atom stereocenters. The molecule has 1 aliphatic carbocycles. The summed E-state index contributed by atoms with van der Waals surface area (Å²) in [6.45, 7) is 0.773. The molecule has 3 rings (SSSR count). The molecule has 1 heterocycles. The number of hydrogen-bond donors (Lipinski definition) is 2. The third-order valence-corrected chi connectivity index (χ3v) is 5.07. The predicted molar refractivity (Wildman–Crippen MR) is 93.5 cm³/mol. The number of nitrogens with zero attached hydrogens (tertiary/aromatic N) is 1. The zero-order chi connectivity index (χ0) is 17.9. The standard InChI is InChI=1S/C19H26N2O4/c1-20-17(22)12-19(24)10-3-11-21(13-19)18(23)14-6-8-16(9-7-14)25-15-4-2-5-15/h6-9,15,24H,2-5,10-13H2,1H3,(H,20,22). The van der Waals surface area contributed by atoms with Crippen LogP contribution in [0.1, 0.15) is 48.9 Å². The minimum atomic E-state index is -1.15. The topological polar surface area (TPSA) is 78.9 Å². The largest absolute Gasteiger partial charge is 0.490 e. The van der Waals surface area contributed by atoms with Gasteiger partial charge in [-0.1, -0.05) is 0 Å². The lowest BCUT2D eigenvalue weighted by Crippen LogP contribution is -2.52. The van der Waals surface area contributed by atoms with Crippen molar-refractivity contribution in [1.82, 2.24) is 10.2 Å². The Morgan fingerprint density at radius 2 is 2.00 bits per heavy atom. The minimum Gasteiger partial charge on any atom is -0.490 e. The summed E-state index contributed by atoms with van der Waals surface area (Å²) in [6.07, 6.45) is 4.94. The van der Waals surface area contributed by atoms with E-state index < -0.39 is 5.60 Å². The van der Waals surface area contributed by atoms with Gasteiger partial charge in [-0.3, -0.25) is 9.59 Å². The highest BCUT2D eigenvalue weighted by atomic mass is 16.5. The van der Waals surface area contributed by atoms with Gasteiger partial charge < -0.3 is 20.1 Å². The summed E-state index contributed by atoms with van der Waals surface area (Å²) in [7, 11) is 1.55. The van der Waals surface area contributed by atoms with Gasteiger partial charge in [0.25, 0.3) is 5.91 Å². The predicted octanol–water partition coefficient (Wildman–Crippen LogP) is 1.72. The van der Waals surface area contributed by atoms with Gasteiger partial charge in [-0.15, -0.1) is 0 Å². The molecule has 2 aliphatic rings. The van der Waals surface area contributed by atoms with Crippen molar-refractivity contribution >= 4 is 11.8 Å². The molecule has 6 heteroatoms. The molecule has 1 aliphatic heterocycles. The molecule has 1 saturated carbocycles. The van der Waals surface area contributed by atoms with Crippen LogP contribution in [0.2, 0.25) is 0 Å². The van der Waals surface area contributed by atoms with Gasteiger partial charge in [0.15, 0.2) is 0 Å². The van der Waals surface area contributed by atoms with E-state index in [0.717, 1.165) is 18.6 Å². The third-order valence-electron chi connectivity index (χ3n) is 5.07. The Morgan fingerprint density at radius 1 is 1.28 bits per heavy atom. The van der Waals surface area contributed by atoms with Crippen molar-refractivity contribution in [2.24, 2.45) is 0 Å². The monoisotopic (exact) mass is 346 g/mol. The number of rotatable bonds is 5. The normalized spacial score (nSPS) is 23.7. The van der Waals surface area contributed by atoms with Gasteiger partial charge in [0.2, 0.25) is 5.91 Å². The van der Waals surface area contributed by atoms with E-state index in [1.165, 1.54) is 6.42 Å². The van der Waals surface area contributed by atoms with Crippen LogP contribution in [-0.4, -0.2) is 53.7 Å². The molecule has 0 spiro atoms. The number of ether oxygens (including phenoxy) is 1. The molecule has 0 aromatic heterocycles. The van der Waals surface area contributed by atoms with Crippen LogP contribution in [0.25, 0.3) is 0 Å². The summed E-state index contributed by atoms with van der Waals surface area (Å²) in [5.74, 6) is 0.454. The van der Waals surface area contributed by atoms with Crippen LogP contribution in [0.15, 0.2) is 24.3 Å². The highest BCUT2D eigenvalue weighted by Gasteiger charge is 2.37. The van der Waals surface area contributed by atoms with Gasteiger partial charge in [-0.25, -0.2) is 0 Å². The van der Waals surface area contributed by atoms with Gasteiger partial charge in [0.1, 0.15) is 5.75 Å². The fourth-order valence-corrected chi connectivity index (χ4v) is 3.36. The van der Waals surface area contributed by atoms with E-state index in [2.05, 4.69) is 5.32 Å². The van der Waals surface area contributed by atoms with Gasteiger partial charge in [-0.2, -0.15) is 0 Å². The first kappa shape index (κ1) is 17.7. The molecule has 136 valence electrons. The summed E-state index contributed by atoms with van der Waals surface area (Å²) in [4.78, 5) is 25.9. The number of carbonyl (C=O) groups is 2. The molecule has 1 unspecified atom stereocenters. The lowest BCUT2D eigenvalue weighted by molar-refractivity contribution is -0.127. The van der Waals surface area contributed by atoms with Crippen molar-refractivity contribution in [3.05, 3.63) is 29.8 Å². The van der Waals surface area contributed by atoms with Crippen LogP contribution in [-0.2, 0) is 4.79 Å². The molecule has 1 saturated heterocycles. The molecule has 25 heavy (non-hydrogen) atoms. The fraction of sp³-hybridized carbons (Fsp3) is 0.579. The van der Waals surface area contributed by atoms with Gasteiger partial charge in [0.05, 0.1) is 24.7 Å². The number of hydrogen-bond acceptors (Lipinski definition) is 4. The second-order valence-corrected chi connectivity index (χ2v) is 7.10. The Morgan fingerprint density at radius 3 is 2.60 bits per heavy atom. The van der Waals surface area contributed by atoms with Gasteiger partial charge in [-0.05, 0) is 56.4 Å². The van der Waals surface area contributed by atoms with Gasteiger partial charge >= 0.3 is 0 Å². The Balaban J connectivity index is 1.62. The molecule has 0 bridgehead atoms. The quantitative estimate of drug-likeness (QED) is 0.851. The Hall–Kier alpha value is -2.08. The van der Waals surface area contributed by atoms with Crippen LogP contribution in [0.4, 0.5) is 0 Å². The van der Waals surface area contributed by atoms with E-state index in [1.54, 1.807) is 24.1 Å². The first-order valence-electron chi connectivity index (χ1n) is 8.98. The maximum absolute atomic E-state index is 12.7. The second kappa shape index (κ2) is 7.44. The lowest BCUT2D eigenvalue weighted by atomic mass is 9.89. The summed E-state index contributed by atoms with van der Waals surface area (Å²) >= 11 is 0. The van der Waals surface area contributed by atoms with Crippen LogP contribution in [0, 0.1) is 0 Å². The molecule has 2 N–H and O–H groups in total. The van der Waals surface area contributed by atoms with Crippen LogP contribution >= 0.6 is 0 Å². The van der Waals surface area contributed by atoms with Crippen molar-refractivity contribution in [1.29, 1.82) is 0 Å². The van der Waals surface area contributed by atoms with Crippen molar-refractivity contribution in [2.45, 2.75) is 50.2 Å². The third kappa shape index (κ3) is 4.31. The van der Waals surface area contributed by atoms with Crippen LogP contribution in [0.3, 0.4) is 0 Å². The van der Waals surface area contributed by atoms with Gasteiger partial charge in [0, 0.05) is 19.2 Å². The number of amides is 2. The number of nitrogens with one attached hydrogen (secondary N) is 1. The average molecular weight is 346 g/mol. The van der Waals surface area contributed by atoms with Crippen LogP contribution < -0.4 is 10.1 Å². The first-order chi connectivity index (χ1) is 12.0. The van der Waals surface area contributed by atoms with Crippen molar-refractivity contribution in [3.8, 4) is 5.75 Å². The number of carbonyl (C=O) groups excluding carboxylic acids is 2. The van der Waals surface area contributed by atoms with E-state index in [9.17, 15) is 14.7 Å². The average Bonchev–Trinajstić information content (AvgIpc) is 2.57. The summed E-state index contributed by atoms with van der Waals surface area (Å²) in [5.41, 5.74) is -0.577. The second-order valence-electron chi connectivity index (χ2n) is 7.10. The summed E-state index contributed by atoms with van der Waals surface area (Å²) in [6, 6.07) is 7.18. The summed E-state index contributed by atoms with van der Waals surface area (Å²) < 4.78 is 5.81. The molecule has 0 radical (unpaired) electrons. The number of benzene rings is 1. The maximum Gasteiger partial charge on any atom is 0.253 e. The number of piperidine rings is 1. The number of β-amino-alcohol motifs (C(OH)–C–C–N with tert-alkyl or cyclic N) is 1. The number of aliphatic hydroxyl groups is 1. The van der Waals surface area contributed by atoms with Crippen molar-refractivity contribution in [2.75, 3.05) is 20.1 Å². The van der Waals surface area contributed by atoms with E-state index in [4.69, 9.17) is 4.74 Å². The Kier molecular flexibility index (Phi) is 5.27. The minimum absolute atomic E-state index is 0.0153. The maximum atomic E-state index is 12.7. The van der Waals surface area contributed by atoms with E-state index in [-0.39, 0.29) is 24.8 Å². The highest BCUT2D eigenvalue weighted by molar-refractivity contribution is 5.94. The summed E-state index contributed by atoms with van der Waals surface area (Å²) in [5, 5.41) is 13.2. The molecule has 2 amide bonds. The number of likely N-dealkylation sites (tertiary alicyclic amines) is 1.